The highest BCUT2D eigenvalue weighted by molar-refractivity contribution is 7.90. The van der Waals surface area contributed by atoms with Gasteiger partial charge in [-0.25, -0.2) is 13.4 Å². The van der Waals surface area contributed by atoms with Crippen LogP contribution >= 0.6 is 0 Å². The first-order valence-corrected chi connectivity index (χ1v) is 7.52. The van der Waals surface area contributed by atoms with E-state index in [0.29, 0.717) is 16.8 Å². The molecule has 2 aromatic rings. The lowest BCUT2D eigenvalue weighted by molar-refractivity contribution is 0.594. The number of anilines is 1. The summed E-state index contributed by atoms with van der Waals surface area (Å²) in [4.78, 5) is 4.05. The van der Waals surface area contributed by atoms with E-state index in [1.807, 2.05) is 6.07 Å². The summed E-state index contributed by atoms with van der Waals surface area (Å²) in [6.07, 6.45) is 1.46. The van der Waals surface area contributed by atoms with E-state index in [-0.39, 0.29) is 16.3 Å². The number of hydrogen-bond acceptors (Lipinski definition) is 5. The fraction of sp³-hybridized carbons (Fsp3) is 0.143. The van der Waals surface area contributed by atoms with Crippen LogP contribution in [0.4, 0.5) is 5.69 Å². The minimum absolute atomic E-state index is 0.123. The Morgan fingerprint density at radius 2 is 2.10 bits per heavy atom. The molecule has 102 valence electrons. The van der Waals surface area contributed by atoms with Crippen molar-refractivity contribution in [3.8, 4) is 6.07 Å². The molecular formula is C14H13N3O2S. The van der Waals surface area contributed by atoms with Gasteiger partial charge < -0.3 is 5.73 Å². The van der Waals surface area contributed by atoms with E-state index in [1.54, 1.807) is 31.2 Å². The quantitative estimate of drug-likeness (QED) is 0.868. The molecule has 2 N–H and O–H groups in total. The van der Waals surface area contributed by atoms with E-state index in [4.69, 9.17) is 11.0 Å². The third-order valence-electron chi connectivity index (χ3n) is 2.89. The highest BCUT2D eigenvalue weighted by Crippen LogP contribution is 2.23. The molecule has 6 heteroatoms. The third kappa shape index (κ3) is 2.78. The minimum atomic E-state index is -3.57. The predicted molar refractivity (Wildman–Crippen MR) is 75.4 cm³/mol. The fourth-order valence-electron chi connectivity index (χ4n) is 1.89. The summed E-state index contributed by atoms with van der Waals surface area (Å²) >= 11 is 0. The monoisotopic (exact) mass is 287 g/mol. The van der Waals surface area contributed by atoms with Gasteiger partial charge in [0.2, 0.25) is 0 Å². The van der Waals surface area contributed by atoms with Gasteiger partial charge >= 0.3 is 0 Å². The van der Waals surface area contributed by atoms with E-state index in [9.17, 15) is 8.42 Å². The first kappa shape index (κ1) is 14.0. The van der Waals surface area contributed by atoms with Gasteiger partial charge in [0.05, 0.1) is 10.6 Å². The zero-order valence-corrected chi connectivity index (χ0v) is 11.7. The van der Waals surface area contributed by atoms with E-state index in [0.717, 1.165) is 0 Å². The highest BCUT2D eigenvalue weighted by atomic mass is 32.2. The van der Waals surface area contributed by atoms with Crippen molar-refractivity contribution in [2.45, 2.75) is 17.6 Å². The second-order valence-electron chi connectivity index (χ2n) is 4.41. The van der Waals surface area contributed by atoms with Crippen LogP contribution in [-0.2, 0) is 15.6 Å². The molecule has 20 heavy (non-hydrogen) atoms. The molecule has 1 heterocycles. The molecule has 0 aliphatic rings. The topological polar surface area (TPSA) is 96.8 Å². The van der Waals surface area contributed by atoms with Gasteiger partial charge in [-0.1, -0.05) is 12.1 Å². The largest absolute Gasteiger partial charge is 0.399 e. The van der Waals surface area contributed by atoms with Crippen LogP contribution in [0.3, 0.4) is 0 Å². The summed E-state index contributed by atoms with van der Waals surface area (Å²) in [7, 11) is -3.57. The SMILES string of the molecule is Cc1ccc(N)cc1S(=O)(=O)Cc1cccnc1C#N. The summed E-state index contributed by atoms with van der Waals surface area (Å²) in [5.74, 6) is -0.270. The van der Waals surface area contributed by atoms with Gasteiger partial charge in [-0.3, -0.25) is 0 Å². The number of aryl methyl sites for hydroxylation is 1. The normalized spacial score (nSPS) is 11.0. The molecule has 0 radical (unpaired) electrons. The molecule has 0 bridgehead atoms. The molecule has 2 rings (SSSR count). The summed E-state index contributed by atoms with van der Waals surface area (Å²) in [6.45, 7) is 1.71. The van der Waals surface area contributed by atoms with Crippen LogP contribution in [-0.4, -0.2) is 13.4 Å². The Hall–Kier alpha value is -2.39. The van der Waals surface area contributed by atoms with Crippen molar-refractivity contribution in [1.82, 2.24) is 4.98 Å². The zero-order valence-electron chi connectivity index (χ0n) is 10.9. The van der Waals surface area contributed by atoms with Crippen molar-refractivity contribution in [2.24, 2.45) is 0 Å². The maximum Gasteiger partial charge on any atom is 0.182 e. The average Bonchev–Trinajstić information content (AvgIpc) is 2.41. The van der Waals surface area contributed by atoms with E-state index >= 15 is 0 Å². The summed E-state index contributed by atoms with van der Waals surface area (Å²) < 4.78 is 24.9. The Balaban J connectivity index is 2.47. The van der Waals surface area contributed by atoms with Crippen LogP contribution in [0, 0.1) is 18.3 Å². The third-order valence-corrected chi connectivity index (χ3v) is 4.69. The molecular weight excluding hydrogens is 274 g/mol. The minimum Gasteiger partial charge on any atom is -0.399 e. The number of rotatable bonds is 3. The molecule has 0 saturated carbocycles. The second kappa shape index (κ2) is 5.31. The average molecular weight is 287 g/mol. The summed E-state index contributed by atoms with van der Waals surface area (Å²) in [5.41, 5.74) is 7.17. The Morgan fingerprint density at radius 3 is 2.80 bits per heavy atom. The zero-order chi connectivity index (χ0) is 14.8. The van der Waals surface area contributed by atoms with Crippen molar-refractivity contribution in [3.05, 3.63) is 53.3 Å². The van der Waals surface area contributed by atoms with Crippen LogP contribution in [0.25, 0.3) is 0 Å². The van der Waals surface area contributed by atoms with Crippen molar-refractivity contribution < 1.29 is 8.42 Å². The molecule has 0 unspecified atom stereocenters. The molecule has 0 fully saturated rings. The highest BCUT2D eigenvalue weighted by Gasteiger charge is 2.20. The number of nitrogens with two attached hydrogens (primary N) is 1. The predicted octanol–water partition coefficient (Wildman–Crippen LogP) is 1.82. The first-order valence-electron chi connectivity index (χ1n) is 5.87. The van der Waals surface area contributed by atoms with E-state index in [2.05, 4.69) is 4.98 Å². The fourth-order valence-corrected chi connectivity index (χ4v) is 3.56. The van der Waals surface area contributed by atoms with Crippen LogP contribution in [0.1, 0.15) is 16.8 Å². The smallest absolute Gasteiger partial charge is 0.182 e. The molecule has 0 aliphatic carbocycles. The Bertz CT molecular complexity index is 792. The van der Waals surface area contributed by atoms with Gasteiger partial charge in [-0.2, -0.15) is 5.26 Å². The Kier molecular flexibility index (Phi) is 3.72. The van der Waals surface area contributed by atoms with E-state index in [1.165, 1.54) is 12.3 Å². The van der Waals surface area contributed by atoms with Crippen LogP contribution in [0.15, 0.2) is 41.4 Å². The number of nitriles is 1. The van der Waals surface area contributed by atoms with Gasteiger partial charge in [0, 0.05) is 17.4 Å². The van der Waals surface area contributed by atoms with Crippen molar-refractivity contribution >= 4 is 15.5 Å². The molecule has 5 nitrogen and oxygen atoms in total. The maximum atomic E-state index is 12.5. The second-order valence-corrected chi connectivity index (χ2v) is 6.36. The Labute approximate surface area is 117 Å². The number of nitrogen functional groups attached to an aromatic ring is 1. The number of sulfone groups is 1. The van der Waals surface area contributed by atoms with Gasteiger partial charge in [0.25, 0.3) is 0 Å². The maximum absolute atomic E-state index is 12.5. The molecule has 1 aromatic heterocycles. The molecule has 0 aliphatic heterocycles. The lowest BCUT2D eigenvalue weighted by Gasteiger charge is -2.09. The molecule has 1 aromatic carbocycles. The van der Waals surface area contributed by atoms with Crippen molar-refractivity contribution in [2.75, 3.05) is 5.73 Å². The standard InChI is InChI=1S/C14H13N3O2S/c1-10-4-5-12(16)7-14(10)20(18,19)9-11-3-2-6-17-13(11)8-15/h2-7H,9,16H2,1H3. The summed E-state index contributed by atoms with van der Waals surface area (Å²) in [5, 5.41) is 8.96. The lowest BCUT2D eigenvalue weighted by Crippen LogP contribution is -2.09. The first-order chi connectivity index (χ1) is 9.44. The molecule has 0 saturated heterocycles. The van der Waals surface area contributed by atoms with Crippen molar-refractivity contribution in [3.63, 3.8) is 0 Å². The van der Waals surface area contributed by atoms with E-state index < -0.39 is 9.84 Å². The Morgan fingerprint density at radius 1 is 1.35 bits per heavy atom. The number of aromatic nitrogens is 1. The van der Waals surface area contributed by atoms with Gasteiger partial charge in [0.15, 0.2) is 9.84 Å². The number of nitrogens with zero attached hydrogens (tertiary/aromatic N) is 2. The van der Waals surface area contributed by atoms with Gasteiger partial charge in [0.1, 0.15) is 11.8 Å². The lowest BCUT2D eigenvalue weighted by atomic mass is 10.2. The number of benzene rings is 1. The van der Waals surface area contributed by atoms with Crippen LogP contribution in [0.5, 0.6) is 0 Å². The van der Waals surface area contributed by atoms with Crippen LogP contribution < -0.4 is 5.73 Å². The molecule has 0 spiro atoms. The molecule has 0 amide bonds. The van der Waals surface area contributed by atoms with Crippen molar-refractivity contribution in [1.29, 1.82) is 5.26 Å². The van der Waals surface area contributed by atoms with Gasteiger partial charge in [-0.15, -0.1) is 0 Å². The molecule has 0 atom stereocenters. The van der Waals surface area contributed by atoms with Crippen LogP contribution in [0.2, 0.25) is 0 Å². The number of pyridine rings is 1. The summed E-state index contributed by atoms with van der Waals surface area (Å²) in [6, 6.07) is 9.85. The van der Waals surface area contributed by atoms with Gasteiger partial charge in [-0.05, 0) is 30.7 Å². The number of hydrogen-bond donors (Lipinski definition) is 1.